The maximum absolute atomic E-state index is 12.1. The Bertz CT molecular complexity index is 419. The van der Waals surface area contributed by atoms with Crippen LogP contribution in [-0.4, -0.2) is 48.0 Å². The molecule has 1 aromatic heterocycles. The molecule has 0 spiro atoms. The molecule has 1 saturated heterocycles. The molecule has 2 heterocycles. The molecule has 4 nitrogen and oxygen atoms in total. The second-order valence-corrected chi connectivity index (χ2v) is 6.26. The molecule has 2 rings (SSSR count). The van der Waals surface area contributed by atoms with E-state index in [0.29, 0.717) is 11.0 Å². The van der Waals surface area contributed by atoms with Gasteiger partial charge in [-0.1, -0.05) is 6.07 Å². The van der Waals surface area contributed by atoms with Crippen molar-refractivity contribution in [3.63, 3.8) is 0 Å². The first kappa shape index (κ1) is 13.4. The molecule has 0 N–H and O–H groups in total. The van der Waals surface area contributed by atoms with Crippen molar-refractivity contribution in [1.82, 2.24) is 4.90 Å². The largest absolute Gasteiger partial charge is 0.468 e. The highest BCUT2D eigenvalue weighted by Crippen LogP contribution is 2.24. The Balaban J connectivity index is 1.81. The average Bonchev–Trinajstić information content (AvgIpc) is 3.05. The van der Waals surface area contributed by atoms with Gasteiger partial charge in [0.1, 0.15) is 0 Å². The van der Waals surface area contributed by atoms with E-state index in [-0.39, 0.29) is 11.9 Å². The van der Waals surface area contributed by atoms with Crippen LogP contribution < -0.4 is 0 Å². The first-order chi connectivity index (χ1) is 8.70. The van der Waals surface area contributed by atoms with Crippen molar-refractivity contribution in [3.8, 4) is 0 Å². The van der Waals surface area contributed by atoms with Crippen molar-refractivity contribution in [2.24, 2.45) is 0 Å². The highest BCUT2D eigenvalue weighted by atomic mass is 32.2. The quantitative estimate of drug-likeness (QED) is 0.792. The summed E-state index contributed by atoms with van der Waals surface area (Å²) in [6, 6.07) is 3.74. The van der Waals surface area contributed by atoms with Crippen molar-refractivity contribution in [2.45, 2.75) is 11.7 Å². The van der Waals surface area contributed by atoms with Crippen LogP contribution in [0.2, 0.25) is 0 Å². The van der Waals surface area contributed by atoms with Crippen LogP contribution in [0.1, 0.15) is 16.1 Å². The molecule has 18 heavy (non-hydrogen) atoms. The fourth-order valence-corrected chi connectivity index (χ4v) is 3.59. The van der Waals surface area contributed by atoms with E-state index >= 15 is 0 Å². The molecule has 0 saturated carbocycles. The van der Waals surface area contributed by atoms with Crippen molar-refractivity contribution >= 4 is 35.0 Å². The fourth-order valence-electron chi connectivity index (χ4n) is 1.85. The molecule has 1 aromatic rings. The first-order valence-corrected chi connectivity index (χ1v) is 7.64. The zero-order valence-electron chi connectivity index (χ0n) is 10.1. The SMILES string of the molecule is COC(=O)CS[C@H]1CCN(C(=O)c2cccs2)C1. The molecule has 1 amide bonds. The summed E-state index contributed by atoms with van der Waals surface area (Å²) in [5.41, 5.74) is 0. The van der Waals surface area contributed by atoms with Gasteiger partial charge in [-0.05, 0) is 17.9 Å². The average molecular weight is 285 g/mol. The predicted molar refractivity (Wildman–Crippen MR) is 73.1 cm³/mol. The summed E-state index contributed by atoms with van der Waals surface area (Å²) in [6.45, 7) is 1.49. The molecule has 0 aromatic carbocycles. The van der Waals surface area contributed by atoms with E-state index in [2.05, 4.69) is 4.74 Å². The monoisotopic (exact) mass is 285 g/mol. The first-order valence-electron chi connectivity index (χ1n) is 5.72. The minimum atomic E-state index is -0.206. The van der Waals surface area contributed by atoms with Crippen molar-refractivity contribution in [2.75, 3.05) is 26.0 Å². The number of nitrogens with zero attached hydrogens (tertiary/aromatic N) is 1. The van der Waals surface area contributed by atoms with Gasteiger partial charge in [-0.2, -0.15) is 0 Å². The van der Waals surface area contributed by atoms with Crippen LogP contribution >= 0.6 is 23.1 Å². The van der Waals surface area contributed by atoms with E-state index in [4.69, 9.17) is 0 Å². The molecule has 1 fully saturated rings. The molecule has 0 radical (unpaired) electrons. The topological polar surface area (TPSA) is 46.6 Å². The molecule has 0 unspecified atom stereocenters. The Hall–Kier alpha value is -1.01. The molecule has 0 bridgehead atoms. The maximum Gasteiger partial charge on any atom is 0.315 e. The number of methoxy groups -OCH3 is 1. The van der Waals surface area contributed by atoms with Crippen LogP contribution in [0.5, 0.6) is 0 Å². The number of amides is 1. The maximum atomic E-state index is 12.1. The lowest BCUT2D eigenvalue weighted by Crippen LogP contribution is -2.28. The van der Waals surface area contributed by atoms with Gasteiger partial charge in [0.05, 0.1) is 17.7 Å². The van der Waals surface area contributed by atoms with E-state index in [9.17, 15) is 9.59 Å². The highest BCUT2D eigenvalue weighted by molar-refractivity contribution is 8.00. The van der Waals surface area contributed by atoms with Crippen LogP contribution in [0.25, 0.3) is 0 Å². The Morgan fingerprint density at radius 2 is 2.44 bits per heavy atom. The molecular formula is C12H15NO3S2. The molecular weight excluding hydrogens is 270 g/mol. The minimum absolute atomic E-state index is 0.103. The predicted octanol–water partition coefficient (Wildman–Crippen LogP) is 1.87. The summed E-state index contributed by atoms with van der Waals surface area (Å²) in [5.74, 6) is 0.261. The molecule has 1 aliphatic heterocycles. The summed E-state index contributed by atoms with van der Waals surface area (Å²) >= 11 is 3.04. The zero-order valence-corrected chi connectivity index (χ0v) is 11.8. The number of hydrogen-bond donors (Lipinski definition) is 0. The second kappa shape index (κ2) is 6.24. The molecule has 6 heteroatoms. The number of thioether (sulfide) groups is 1. The lowest BCUT2D eigenvalue weighted by atomic mass is 10.4. The summed E-state index contributed by atoms with van der Waals surface area (Å²) in [5, 5.41) is 2.25. The van der Waals surface area contributed by atoms with Crippen molar-refractivity contribution in [3.05, 3.63) is 22.4 Å². The standard InChI is InChI=1S/C12H15NO3S2/c1-16-11(14)8-18-9-4-5-13(7-9)12(15)10-3-2-6-17-10/h2-3,6,9H,4-5,7-8H2,1H3/t9-/m0/s1. The van der Waals surface area contributed by atoms with Gasteiger partial charge in [-0.15, -0.1) is 23.1 Å². The van der Waals surface area contributed by atoms with Gasteiger partial charge in [-0.25, -0.2) is 0 Å². The van der Waals surface area contributed by atoms with E-state index in [0.717, 1.165) is 24.4 Å². The number of likely N-dealkylation sites (tertiary alicyclic amines) is 1. The summed E-state index contributed by atoms with van der Waals surface area (Å²) in [4.78, 5) is 25.8. The van der Waals surface area contributed by atoms with Crippen molar-refractivity contribution < 1.29 is 14.3 Å². The third kappa shape index (κ3) is 3.26. The fraction of sp³-hybridized carbons (Fsp3) is 0.500. The van der Waals surface area contributed by atoms with Crippen LogP contribution in [0, 0.1) is 0 Å². The number of carbonyl (C=O) groups is 2. The molecule has 98 valence electrons. The Morgan fingerprint density at radius 3 is 3.11 bits per heavy atom. The summed E-state index contributed by atoms with van der Waals surface area (Å²) in [7, 11) is 1.39. The van der Waals surface area contributed by atoms with Gasteiger partial charge < -0.3 is 9.64 Å². The van der Waals surface area contributed by atoms with Gasteiger partial charge >= 0.3 is 5.97 Å². The summed E-state index contributed by atoms with van der Waals surface area (Å²) < 4.78 is 4.60. The van der Waals surface area contributed by atoms with Gasteiger partial charge in [-0.3, -0.25) is 9.59 Å². The van der Waals surface area contributed by atoms with Crippen LogP contribution in [0.3, 0.4) is 0 Å². The number of esters is 1. The van der Waals surface area contributed by atoms with E-state index in [1.165, 1.54) is 18.4 Å². The van der Waals surface area contributed by atoms with Gasteiger partial charge in [0, 0.05) is 18.3 Å². The third-order valence-electron chi connectivity index (χ3n) is 2.83. The van der Waals surface area contributed by atoms with E-state index in [1.54, 1.807) is 11.8 Å². The number of hydrogen-bond acceptors (Lipinski definition) is 5. The highest BCUT2D eigenvalue weighted by Gasteiger charge is 2.28. The Labute approximate surface area is 114 Å². The zero-order chi connectivity index (χ0) is 13.0. The number of thiophene rings is 1. The second-order valence-electron chi connectivity index (χ2n) is 4.03. The lowest BCUT2D eigenvalue weighted by molar-refractivity contribution is -0.137. The molecule has 1 aliphatic rings. The normalized spacial score (nSPS) is 18.9. The van der Waals surface area contributed by atoms with E-state index < -0.39 is 0 Å². The van der Waals surface area contributed by atoms with Crippen molar-refractivity contribution in [1.29, 1.82) is 0 Å². The number of carbonyl (C=O) groups excluding carboxylic acids is 2. The van der Waals surface area contributed by atoms with Gasteiger partial charge in [0.2, 0.25) is 0 Å². The Kier molecular flexibility index (Phi) is 4.66. The third-order valence-corrected chi connectivity index (χ3v) is 4.95. The number of rotatable bonds is 4. The van der Waals surface area contributed by atoms with Gasteiger partial charge in [0.25, 0.3) is 5.91 Å². The summed E-state index contributed by atoms with van der Waals surface area (Å²) in [6.07, 6.45) is 0.943. The van der Waals surface area contributed by atoms with Crippen LogP contribution in [0.15, 0.2) is 17.5 Å². The number of ether oxygens (including phenoxy) is 1. The van der Waals surface area contributed by atoms with Crippen LogP contribution in [-0.2, 0) is 9.53 Å². The smallest absolute Gasteiger partial charge is 0.315 e. The molecule has 1 atom stereocenters. The van der Waals surface area contributed by atoms with Crippen LogP contribution in [0.4, 0.5) is 0 Å². The lowest BCUT2D eigenvalue weighted by Gasteiger charge is -2.15. The van der Waals surface area contributed by atoms with E-state index in [1.807, 2.05) is 22.4 Å². The Morgan fingerprint density at radius 1 is 1.61 bits per heavy atom. The van der Waals surface area contributed by atoms with Gasteiger partial charge in [0.15, 0.2) is 0 Å². The minimum Gasteiger partial charge on any atom is -0.468 e. The molecule has 0 aliphatic carbocycles.